The maximum absolute atomic E-state index is 14.4. The zero-order valence-electron chi connectivity index (χ0n) is 13.4. The van der Waals surface area contributed by atoms with Crippen LogP contribution in [-0.2, 0) is 11.3 Å². The van der Waals surface area contributed by atoms with Crippen LogP contribution in [0.1, 0.15) is 32.8 Å². The number of hydrogen-bond donors (Lipinski definition) is 1. The molecule has 4 heteroatoms. The summed E-state index contributed by atoms with van der Waals surface area (Å²) < 4.78 is 19.9. The number of rotatable bonds is 6. The van der Waals surface area contributed by atoms with E-state index in [-0.39, 0.29) is 11.9 Å². The van der Waals surface area contributed by atoms with Gasteiger partial charge in [0.15, 0.2) is 0 Å². The SMILES string of the molecule is CCC1COCCN1c1ccc(CNCC(C)C)cc1F. The molecule has 0 spiro atoms. The summed E-state index contributed by atoms with van der Waals surface area (Å²) in [6.45, 7) is 10.2. The van der Waals surface area contributed by atoms with E-state index in [9.17, 15) is 4.39 Å². The summed E-state index contributed by atoms with van der Waals surface area (Å²) in [5.41, 5.74) is 1.70. The second-order valence-corrected chi connectivity index (χ2v) is 6.14. The van der Waals surface area contributed by atoms with Gasteiger partial charge in [0.2, 0.25) is 0 Å². The Kier molecular flexibility index (Phi) is 6.00. The summed E-state index contributed by atoms with van der Waals surface area (Å²) in [7, 11) is 0. The van der Waals surface area contributed by atoms with Crippen molar-refractivity contribution < 1.29 is 9.13 Å². The molecule has 21 heavy (non-hydrogen) atoms. The number of halogens is 1. The fraction of sp³-hybridized carbons (Fsp3) is 0.647. The van der Waals surface area contributed by atoms with Gasteiger partial charge in [-0.1, -0.05) is 26.8 Å². The Morgan fingerprint density at radius 2 is 2.24 bits per heavy atom. The molecule has 0 aromatic heterocycles. The fourth-order valence-corrected chi connectivity index (χ4v) is 2.71. The van der Waals surface area contributed by atoms with Gasteiger partial charge in [-0.2, -0.15) is 0 Å². The molecule has 0 saturated carbocycles. The third-order valence-corrected chi connectivity index (χ3v) is 3.90. The van der Waals surface area contributed by atoms with Crippen molar-refractivity contribution in [3.63, 3.8) is 0 Å². The lowest BCUT2D eigenvalue weighted by Gasteiger charge is -2.37. The third kappa shape index (κ3) is 4.42. The molecule has 1 heterocycles. The van der Waals surface area contributed by atoms with Crippen LogP contribution in [-0.4, -0.2) is 32.3 Å². The number of morpholine rings is 1. The van der Waals surface area contributed by atoms with Crippen LogP contribution in [0.4, 0.5) is 10.1 Å². The predicted molar refractivity (Wildman–Crippen MR) is 85.2 cm³/mol. The first-order chi connectivity index (χ1) is 10.1. The standard InChI is InChI=1S/C17H27FN2O/c1-4-15-12-21-8-7-20(15)17-6-5-14(9-16(17)18)11-19-10-13(2)3/h5-6,9,13,15,19H,4,7-8,10-12H2,1-3H3. The largest absolute Gasteiger partial charge is 0.377 e. The van der Waals surface area contributed by atoms with Crippen molar-refractivity contribution in [1.82, 2.24) is 5.32 Å². The van der Waals surface area contributed by atoms with Gasteiger partial charge in [0.25, 0.3) is 0 Å². The molecule has 1 N–H and O–H groups in total. The molecule has 1 aliphatic heterocycles. The van der Waals surface area contributed by atoms with E-state index in [0.29, 0.717) is 24.8 Å². The summed E-state index contributed by atoms with van der Waals surface area (Å²) in [5.74, 6) is 0.479. The molecule has 118 valence electrons. The van der Waals surface area contributed by atoms with Gasteiger partial charge in [-0.25, -0.2) is 4.39 Å². The third-order valence-electron chi connectivity index (χ3n) is 3.90. The summed E-state index contributed by atoms with van der Waals surface area (Å²) in [4.78, 5) is 2.14. The number of benzene rings is 1. The van der Waals surface area contributed by atoms with Gasteiger partial charge in [0, 0.05) is 13.1 Å². The van der Waals surface area contributed by atoms with Crippen molar-refractivity contribution in [2.24, 2.45) is 5.92 Å². The number of anilines is 1. The second-order valence-electron chi connectivity index (χ2n) is 6.14. The van der Waals surface area contributed by atoms with E-state index in [0.717, 1.165) is 31.6 Å². The van der Waals surface area contributed by atoms with E-state index in [4.69, 9.17) is 4.74 Å². The van der Waals surface area contributed by atoms with Crippen molar-refractivity contribution in [3.05, 3.63) is 29.6 Å². The van der Waals surface area contributed by atoms with Gasteiger partial charge in [-0.15, -0.1) is 0 Å². The molecular formula is C17H27FN2O. The minimum atomic E-state index is -0.126. The predicted octanol–water partition coefficient (Wildman–Crippen LogP) is 3.19. The number of nitrogens with zero attached hydrogens (tertiary/aromatic N) is 1. The Labute approximate surface area is 127 Å². The minimum absolute atomic E-state index is 0.126. The van der Waals surface area contributed by atoms with Gasteiger partial charge >= 0.3 is 0 Å². The van der Waals surface area contributed by atoms with Crippen LogP contribution < -0.4 is 10.2 Å². The molecule has 0 bridgehead atoms. The highest BCUT2D eigenvalue weighted by Gasteiger charge is 2.23. The highest BCUT2D eigenvalue weighted by atomic mass is 19.1. The van der Waals surface area contributed by atoms with E-state index in [1.807, 2.05) is 12.1 Å². The van der Waals surface area contributed by atoms with Crippen molar-refractivity contribution in [3.8, 4) is 0 Å². The molecule has 0 radical (unpaired) electrons. The molecule has 1 aromatic carbocycles. The lowest BCUT2D eigenvalue weighted by Crippen LogP contribution is -2.45. The quantitative estimate of drug-likeness (QED) is 0.872. The lowest BCUT2D eigenvalue weighted by molar-refractivity contribution is 0.0926. The first kappa shape index (κ1) is 16.2. The van der Waals surface area contributed by atoms with Crippen LogP contribution in [0.25, 0.3) is 0 Å². The normalized spacial score (nSPS) is 19.3. The average Bonchev–Trinajstić information content (AvgIpc) is 2.47. The van der Waals surface area contributed by atoms with E-state index >= 15 is 0 Å². The molecule has 0 aliphatic carbocycles. The maximum Gasteiger partial charge on any atom is 0.146 e. The molecule has 1 unspecified atom stereocenters. The van der Waals surface area contributed by atoms with Crippen LogP contribution in [0, 0.1) is 11.7 Å². The number of nitrogens with one attached hydrogen (secondary N) is 1. The topological polar surface area (TPSA) is 24.5 Å². The van der Waals surface area contributed by atoms with Crippen molar-refractivity contribution in [2.75, 3.05) is 31.2 Å². The average molecular weight is 294 g/mol. The number of hydrogen-bond acceptors (Lipinski definition) is 3. The maximum atomic E-state index is 14.4. The highest BCUT2D eigenvalue weighted by molar-refractivity contribution is 5.50. The Bertz CT molecular complexity index is 450. The summed E-state index contributed by atoms with van der Waals surface area (Å²) >= 11 is 0. The molecule has 1 atom stereocenters. The van der Waals surface area contributed by atoms with Gasteiger partial charge in [0.05, 0.1) is 24.9 Å². The van der Waals surface area contributed by atoms with Gasteiger partial charge in [-0.05, 0) is 36.6 Å². The van der Waals surface area contributed by atoms with Crippen molar-refractivity contribution in [2.45, 2.75) is 39.8 Å². The van der Waals surface area contributed by atoms with E-state index in [1.54, 1.807) is 6.07 Å². The van der Waals surface area contributed by atoms with Crippen LogP contribution >= 0.6 is 0 Å². The highest BCUT2D eigenvalue weighted by Crippen LogP contribution is 2.25. The van der Waals surface area contributed by atoms with Crippen LogP contribution in [0.5, 0.6) is 0 Å². The van der Waals surface area contributed by atoms with Gasteiger partial charge < -0.3 is 15.0 Å². The Morgan fingerprint density at radius 3 is 2.90 bits per heavy atom. The lowest BCUT2D eigenvalue weighted by atomic mass is 10.1. The first-order valence-corrected chi connectivity index (χ1v) is 7.95. The first-order valence-electron chi connectivity index (χ1n) is 7.95. The van der Waals surface area contributed by atoms with Crippen LogP contribution in [0.2, 0.25) is 0 Å². The summed E-state index contributed by atoms with van der Waals surface area (Å²) in [6, 6.07) is 5.87. The molecule has 1 saturated heterocycles. The minimum Gasteiger partial charge on any atom is -0.377 e. The van der Waals surface area contributed by atoms with Crippen LogP contribution in [0.15, 0.2) is 18.2 Å². The Balaban J connectivity index is 2.04. The zero-order chi connectivity index (χ0) is 15.2. The zero-order valence-corrected chi connectivity index (χ0v) is 13.4. The molecule has 2 rings (SSSR count). The molecule has 1 aromatic rings. The second kappa shape index (κ2) is 7.76. The number of ether oxygens (including phenoxy) is 1. The Hall–Kier alpha value is -1.13. The van der Waals surface area contributed by atoms with E-state index in [2.05, 4.69) is 31.0 Å². The molecule has 1 fully saturated rings. The van der Waals surface area contributed by atoms with Crippen LogP contribution in [0.3, 0.4) is 0 Å². The monoisotopic (exact) mass is 294 g/mol. The van der Waals surface area contributed by atoms with Crippen molar-refractivity contribution >= 4 is 5.69 Å². The Morgan fingerprint density at radius 1 is 1.43 bits per heavy atom. The van der Waals surface area contributed by atoms with Crippen molar-refractivity contribution in [1.29, 1.82) is 0 Å². The fourth-order valence-electron chi connectivity index (χ4n) is 2.71. The smallest absolute Gasteiger partial charge is 0.146 e. The summed E-state index contributed by atoms with van der Waals surface area (Å²) in [6.07, 6.45) is 0.969. The summed E-state index contributed by atoms with van der Waals surface area (Å²) in [5, 5.41) is 3.35. The molecule has 3 nitrogen and oxygen atoms in total. The molecule has 0 amide bonds. The molecule has 1 aliphatic rings. The van der Waals surface area contributed by atoms with Gasteiger partial charge in [-0.3, -0.25) is 0 Å². The van der Waals surface area contributed by atoms with E-state index in [1.165, 1.54) is 0 Å². The van der Waals surface area contributed by atoms with E-state index < -0.39 is 0 Å². The molecular weight excluding hydrogens is 267 g/mol. The van der Waals surface area contributed by atoms with Gasteiger partial charge in [0.1, 0.15) is 5.82 Å².